The Morgan fingerprint density at radius 3 is 2.49 bits per heavy atom. The third kappa shape index (κ3) is 5.99. The topological polar surface area (TPSA) is 37.2 Å². The molecule has 9 heteroatoms. The second kappa shape index (κ2) is 10.3. The van der Waals surface area contributed by atoms with Gasteiger partial charge in [0.05, 0.1) is 22.4 Å². The molecule has 0 N–H and O–H groups in total. The summed E-state index contributed by atoms with van der Waals surface area (Å²) in [7, 11) is 0. The van der Waals surface area contributed by atoms with Gasteiger partial charge in [-0.1, -0.05) is 50.2 Å². The maximum Gasteiger partial charge on any atom is 0.408 e. The molecule has 4 rings (SSSR count). The molecule has 1 saturated heterocycles. The van der Waals surface area contributed by atoms with E-state index in [0.29, 0.717) is 21.8 Å². The van der Waals surface area contributed by atoms with Gasteiger partial charge in [-0.15, -0.1) is 0 Å². The van der Waals surface area contributed by atoms with Crippen molar-refractivity contribution in [3.8, 4) is 11.3 Å². The summed E-state index contributed by atoms with van der Waals surface area (Å²) in [6.07, 6.45) is 1.70. The Morgan fingerprint density at radius 2 is 1.80 bits per heavy atom. The first-order valence-electron chi connectivity index (χ1n) is 11.7. The number of fused-ring (bicyclic) bond motifs is 1. The Morgan fingerprint density at radius 1 is 1.09 bits per heavy atom. The highest BCUT2D eigenvalue weighted by Crippen LogP contribution is 2.31. The van der Waals surface area contributed by atoms with Gasteiger partial charge >= 0.3 is 6.18 Å². The van der Waals surface area contributed by atoms with Crippen LogP contribution in [0.25, 0.3) is 27.9 Å². The van der Waals surface area contributed by atoms with E-state index in [2.05, 4.69) is 40.0 Å². The van der Waals surface area contributed by atoms with Gasteiger partial charge in [0, 0.05) is 54.7 Å². The highest BCUT2D eigenvalue weighted by atomic mass is 35.5. The van der Waals surface area contributed by atoms with Crippen LogP contribution in [0.1, 0.15) is 31.7 Å². The molecule has 0 saturated carbocycles. The predicted octanol–water partition coefficient (Wildman–Crippen LogP) is 6.61. The van der Waals surface area contributed by atoms with Crippen molar-refractivity contribution in [3.05, 3.63) is 66.1 Å². The molecule has 1 aromatic carbocycles. The van der Waals surface area contributed by atoms with Gasteiger partial charge in [0.25, 0.3) is 0 Å². The Labute approximate surface area is 208 Å². The smallest absolute Gasteiger partial charge is 0.372 e. The Hall–Kier alpha value is -3.00. The first kappa shape index (κ1) is 25.1. The van der Waals surface area contributed by atoms with Crippen molar-refractivity contribution >= 4 is 28.2 Å². The molecule has 0 bridgehead atoms. The van der Waals surface area contributed by atoms with E-state index in [4.69, 9.17) is 11.6 Å². The standard InChI is InChI=1S/C26H29ClF3N5/c1-4-5-6-18(2)33-9-11-34(12-10-33)19(3)20-7-8-22-23(27)14-24(32-25(22)13-20)21-15-31-35(16-21)17-26(28,29)30/h7-8,13-16H,2-6,9-12,17H2,1H3. The number of benzene rings is 1. The van der Waals surface area contributed by atoms with E-state index >= 15 is 0 Å². The van der Waals surface area contributed by atoms with Gasteiger partial charge < -0.3 is 9.80 Å². The first-order valence-corrected chi connectivity index (χ1v) is 12.1. The molecule has 1 fully saturated rings. The van der Waals surface area contributed by atoms with Crippen LogP contribution >= 0.6 is 11.6 Å². The molecule has 186 valence electrons. The molecule has 3 heterocycles. The van der Waals surface area contributed by atoms with Crippen molar-refractivity contribution in [2.45, 2.75) is 38.9 Å². The number of aromatic nitrogens is 3. The zero-order chi connectivity index (χ0) is 25.2. The van der Waals surface area contributed by atoms with Crippen LogP contribution in [0.4, 0.5) is 13.2 Å². The number of nitrogens with zero attached hydrogens (tertiary/aromatic N) is 5. The van der Waals surface area contributed by atoms with Crippen LogP contribution in [0.3, 0.4) is 0 Å². The Bertz CT molecular complexity index is 1230. The molecule has 5 nitrogen and oxygen atoms in total. The van der Waals surface area contributed by atoms with Gasteiger partial charge in [-0.2, -0.15) is 18.3 Å². The second-order valence-corrected chi connectivity index (χ2v) is 9.26. The number of allylic oxidation sites excluding steroid dienone is 1. The molecule has 0 aliphatic carbocycles. The van der Waals surface area contributed by atoms with Gasteiger partial charge in [0.2, 0.25) is 0 Å². The number of rotatable bonds is 8. The van der Waals surface area contributed by atoms with Gasteiger partial charge in [0.15, 0.2) is 0 Å². The van der Waals surface area contributed by atoms with E-state index < -0.39 is 12.7 Å². The van der Waals surface area contributed by atoms with E-state index in [-0.39, 0.29) is 0 Å². The number of pyridine rings is 1. The third-order valence-electron chi connectivity index (χ3n) is 6.29. The summed E-state index contributed by atoms with van der Waals surface area (Å²) in [6, 6.07) is 7.47. The molecule has 0 atom stereocenters. The van der Waals surface area contributed by atoms with Crippen molar-refractivity contribution in [1.29, 1.82) is 0 Å². The average Bonchev–Trinajstić information content (AvgIpc) is 3.28. The molecule has 1 aliphatic heterocycles. The first-order chi connectivity index (χ1) is 16.6. The minimum atomic E-state index is -4.35. The summed E-state index contributed by atoms with van der Waals surface area (Å²) in [4.78, 5) is 9.28. The van der Waals surface area contributed by atoms with Crippen molar-refractivity contribution < 1.29 is 13.2 Å². The minimum absolute atomic E-state index is 0.470. The summed E-state index contributed by atoms with van der Waals surface area (Å²) < 4.78 is 38.9. The summed E-state index contributed by atoms with van der Waals surface area (Å²) in [6.45, 7) is 13.1. The minimum Gasteiger partial charge on any atom is -0.372 e. The fourth-order valence-electron chi connectivity index (χ4n) is 4.29. The number of unbranched alkanes of at least 4 members (excludes halogenated alkanes) is 1. The van der Waals surface area contributed by atoms with Crippen LogP contribution in [0, 0.1) is 0 Å². The normalized spacial score (nSPS) is 14.5. The predicted molar refractivity (Wildman–Crippen MR) is 135 cm³/mol. The number of piperazine rings is 1. The van der Waals surface area contributed by atoms with E-state index in [1.807, 2.05) is 18.2 Å². The largest absolute Gasteiger partial charge is 0.408 e. The fourth-order valence-corrected chi connectivity index (χ4v) is 4.56. The molecule has 3 aromatic rings. The van der Waals surface area contributed by atoms with Crippen LogP contribution in [0.15, 0.2) is 55.5 Å². The van der Waals surface area contributed by atoms with Crippen LogP contribution < -0.4 is 0 Å². The lowest BCUT2D eigenvalue weighted by atomic mass is 10.1. The van der Waals surface area contributed by atoms with Crippen LogP contribution in [-0.2, 0) is 6.54 Å². The van der Waals surface area contributed by atoms with E-state index in [1.54, 1.807) is 6.07 Å². The summed E-state index contributed by atoms with van der Waals surface area (Å²) in [5, 5.41) is 5.06. The highest BCUT2D eigenvalue weighted by molar-refractivity contribution is 6.35. The molecule has 2 aromatic heterocycles. The lowest BCUT2D eigenvalue weighted by Crippen LogP contribution is -2.44. The van der Waals surface area contributed by atoms with Crippen molar-refractivity contribution in [3.63, 3.8) is 0 Å². The Kier molecular flexibility index (Phi) is 7.40. The lowest BCUT2D eigenvalue weighted by Gasteiger charge is -2.39. The van der Waals surface area contributed by atoms with E-state index in [1.165, 1.54) is 18.1 Å². The lowest BCUT2D eigenvalue weighted by molar-refractivity contribution is -0.142. The molecule has 0 amide bonds. The monoisotopic (exact) mass is 503 g/mol. The SMILES string of the molecule is C=C(CCCC)N1CCN(C(=C)c2ccc3c(Cl)cc(-c4cnn(CC(F)(F)F)c4)nc3c2)CC1. The van der Waals surface area contributed by atoms with Crippen LogP contribution in [0.2, 0.25) is 5.02 Å². The number of hydrogen-bond donors (Lipinski definition) is 0. The molecular weight excluding hydrogens is 475 g/mol. The fraction of sp³-hybridized carbons (Fsp3) is 0.385. The van der Waals surface area contributed by atoms with Crippen LogP contribution in [-0.4, -0.2) is 56.9 Å². The molecule has 0 spiro atoms. The van der Waals surface area contributed by atoms with Crippen molar-refractivity contribution in [1.82, 2.24) is 24.6 Å². The number of halogens is 4. The molecule has 35 heavy (non-hydrogen) atoms. The van der Waals surface area contributed by atoms with Crippen LogP contribution in [0.5, 0.6) is 0 Å². The molecule has 0 unspecified atom stereocenters. The van der Waals surface area contributed by atoms with Gasteiger partial charge in [-0.25, -0.2) is 4.98 Å². The summed E-state index contributed by atoms with van der Waals surface area (Å²) in [5.74, 6) is 0. The maximum atomic E-state index is 12.7. The van der Waals surface area contributed by atoms with Crippen molar-refractivity contribution in [2.24, 2.45) is 0 Å². The molecular formula is C26H29ClF3N5. The summed E-state index contributed by atoms with van der Waals surface area (Å²) >= 11 is 6.49. The zero-order valence-electron chi connectivity index (χ0n) is 19.8. The molecule has 1 aliphatic rings. The quantitative estimate of drug-likeness (QED) is 0.347. The molecule has 0 radical (unpaired) electrons. The number of alkyl halides is 3. The Balaban J connectivity index is 1.51. The van der Waals surface area contributed by atoms with Gasteiger partial charge in [-0.3, -0.25) is 4.68 Å². The van der Waals surface area contributed by atoms with Gasteiger partial charge in [0.1, 0.15) is 6.54 Å². The van der Waals surface area contributed by atoms with E-state index in [9.17, 15) is 13.2 Å². The summed E-state index contributed by atoms with van der Waals surface area (Å²) in [5.41, 5.74) is 4.64. The second-order valence-electron chi connectivity index (χ2n) is 8.85. The zero-order valence-corrected chi connectivity index (χ0v) is 20.5. The van der Waals surface area contributed by atoms with Crippen molar-refractivity contribution in [2.75, 3.05) is 26.2 Å². The van der Waals surface area contributed by atoms with E-state index in [0.717, 1.165) is 66.8 Å². The third-order valence-corrected chi connectivity index (χ3v) is 6.60. The number of hydrogen-bond acceptors (Lipinski definition) is 4. The maximum absolute atomic E-state index is 12.7. The highest BCUT2D eigenvalue weighted by Gasteiger charge is 2.28. The van der Waals surface area contributed by atoms with Gasteiger partial charge in [-0.05, 0) is 30.5 Å². The average molecular weight is 504 g/mol.